The first kappa shape index (κ1) is 17.1. The maximum absolute atomic E-state index is 6.03. The van der Waals surface area contributed by atoms with Gasteiger partial charge in [0.2, 0.25) is 6.29 Å². The topological polar surface area (TPSA) is 46.2 Å². The smallest absolute Gasteiger partial charge is 0.220 e. The summed E-state index contributed by atoms with van der Waals surface area (Å²) in [5.41, 5.74) is 2.15. The molecule has 2 aromatic carbocycles. The molecule has 5 nitrogen and oxygen atoms in total. The summed E-state index contributed by atoms with van der Waals surface area (Å²) in [4.78, 5) is 0. The van der Waals surface area contributed by atoms with Crippen LogP contribution in [-0.2, 0) is 14.2 Å². The van der Waals surface area contributed by atoms with E-state index in [1.807, 2.05) is 67.6 Å². The van der Waals surface area contributed by atoms with Gasteiger partial charge in [-0.2, -0.15) is 0 Å². The Hall–Kier alpha value is -2.34. The fourth-order valence-corrected chi connectivity index (χ4v) is 3.00. The van der Waals surface area contributed by atoms with Crippen molar-refractivity contribution in [2.45, 2.75) is 31.7 Å². The Morgan fingerprint density at radius 2 is 1.62 bits per heavy atom. The van der Waals surface area contributed by atoms with E-state index in [0.29, 0.717) is 6.61 Å². The zero-order chi connectivity index (χ0) is 17.9. The number of fused-ring (bicyclic) bond motifs is 1. The molecule has 0 radical (unpaired) electrons. The molecule has 1 fully saturated rings. The van der Waals surface area contributed by atoms with Crippen LogP contribution in [0.15, 0.2) is 60.7 Å². The second-order valence-corrected chi connectivity index (χ2v) is 6.40. The van der Waals surface area contributed by atoms with E-state index in [1.165, 1.54) is 5.56 Å². The van der Waals surface area contributed by atoms with Crippen LogP contribution in [0.3, 0.4) is 0 Å². The number of aryl methyl sites for hydroxylation is 1. The van der Waals surface area contributed by atoms with Gasteiger partial charge in [0, 0.05) is 5.56 Å². The molecule has 4 atom stereocenters. The van der Waals surface area contributed by atoms with Crippen molar-refractivity contribution in [3.05, 3.63) is 71.8 Å². The fourth-order valence-electron chi connectivity index (χ4n) is 3.00. The molecule has 0 aromatic heterocycles. The number of benzene rings is 2. The Balaban J connectivity index is 1.39. The molecule has 2 aromatic rings. The molecule has 0 spiro atoms. The predicted octanol–water partition coefficient (Wildman–Crippen LogP) is 3.78. The molecule has 136 valence electrons. The predicted molar refractivity (Wildman–Crippen MR) is 96.2 cm³/mol. The van der Waals surface area contributed by atoms with E-state index in [1.54, 1.807) is 7.11 Å². The number of hydrogen-bond donors (Lipinski definition) is 0. The second kappa shape index (κ2) is 7.50. The maximum Gasteiger partial charge on any atom is 0.220 e. The van der Waals surface area contributed by atoms with Gasteiger partial charge in [0.1, 0.15) is 23.7 Å². The first-order valence-corrected chi connectivity index (χ1v) is 8.69. The van der Waals surface area contributed by atoms with Gasteiger partial charge in [0.05, 0.1) is 13.7 Å². The zero-order valence-electron chi connectivity index (χ0n) is 14.8. The minimum Gasteiger partial charge on any atom is -0.497 e. The third kappa shape index (κ3) is 3.75. The van der Waals surface area contributed by atoms with Gasteiger partial charge in [0.25, 0.3) is 0 Å². The molecule has 0 bridgehead atoms. The first-order valence-electron chi connectivity index (χ1n) is 8.69. The van der Waals surface area contributed by atoms with E-state index in [0.717, 1.165) is 17.1 Å². The highest BCUT2D eigenvalue weighted by Crippen LogP contribution is 2.32. The SMILES string of the molecule is COc1ccc(C2OCC3OC(Oc4ccc(C)cc4)C=CC3O2)cc1. The van der Waals surface area contributed by atoms with Gasteiger partial charge >= 0.3 is 0 Å². The van der Waals surface area contributed by atoms with Crippen LogP contribution in [0.25, 0.3) is 0 Å². The number of rotatable bonds is 4. The summed E-state index contributed by atoms with van der Waals surface area (Å²) in [6.45, 7) is 2.49. The molecule has 26 heavy (non-hydrogen) atoms. The van der Waals surface area contributed by atoms with Gasteiger partial charge in [-0.05, 0) is 37.3 Å². The minimum atomic E-state index is -0.441. The van der Waals surface area contributed by atoms with Crippen molar-refractivity contribution in [3.63, 3.8) is 0 Å². The van der Waals surface area contributed by atoms with Crippen LogP contribution in [0.5, 0.6) is 11.5 Å². The lowest BCUT2D eigenvalue weighted by Crippen LogP contribution is -2.46. The van der Waals surface area contributed by atoms with Gasteiger partial charge in [-0.25, -0.2) is 0 Å². The van der Waals surface area contributed by atoms with E-state index in [2.05, 4.69) is 0 Å². The van der Waals surface area contributed by atoms with Crippen LogP contribution < -0.4 is 9.47 Å². The normalized spacial score (nSPS) is 27.6. The molecule has 1 saturated heterocycles. The van der Waals surface area contributed by atoms with Crippen molar-refractivity contribution in [1.29, 1.82) is 0 Å². The highest BCUT2D eigenvalue weighted by molar-refractivity contribution is 5.28. The fraction of sp³-hybridized carbons (Fsp3) is 0.333. The first-order chi connectivity index (χ1) is 12.7. The standard InChI is InChI=1S/C21H22O5/c1-14-3-7-17(8-4-14)24-20-12-11-18-19(25-20)13-23-21(26-18)15-5-9-16(22-2)10-6-15/h3-12,18-21H,13H2,1-2H3. The summed E-state index contributed by atoms with van der Waals surface area (Å²) < 4.78 is 28.9. The van der Waals surface area contributed by atoms with Crippen molar-refractivity contribution in [1.82, 2.24) is 0 Å². The highest BCUT2D eigenvalue weighted by atomic mass is 16.7. The molecule has 0 N–H and O–H groups in total. The Bertz CT molecular complexity index is 753. The molecule has 2 aliphatic rings. The maximum atomic E-state index is 6.03. The average Bonchev–Trinajstić information content (AvgIpc) is 2.69. The Labute approximate surface area is 153 Å². The molecule has 4 unspecified atom stereocenters. The monoisotopic (exact) mass is 354 g/mol. The number of methoxy groups -OCH3 is 1. The third-order valence-corrected chi connectivity index (χ3v) is 4.49. The van der Waals surface area contributed by atoms with E-state index >= 15 is 0 Å². The van der Waals surface area contributed by atoms with Crippen molar-refractivity contribution in [2.24, 2.45) is 0 Å². The summed E-state index contributed by atoms with van der Waals surface area (Å²) >= 11 is 0. The lowest BCUT2D eigenvalue weighted by atomic mass is 10.1. The molecule has 2 heterocycles. The van der Waals surface area contributed by atoms with E-state index < -0.39 is 12.6 Å². The minimum absolute atomic E-state index is 0.159. The average molecular weight is 354 g/mol. The molecule has 0 aliphatic carbocycles. The molecule has 5 heteroatoms. The zero-order valence-corrected chi connectivity index (χ0v) is 14.8. The van der Waals surface area contributed by atoms with Gasteiger partial charge < -0.3 is 23.7 Å². The van der Waals surface area contributed by atoms with Gasteiger partial charge in [-0.3, -0.25) is 0 Å². The van der Waals surface area contributed by atoms with Gasteiger partial charge in [-0.1, -0.05) is 35.9 Å². The molecule has 2 aliphatic heterocycles. The lowest BCUT2D eigenvalue weighted by Gasteiger charge is -2.38. The number of hydrogen-bond acceptors (Lipinski definition) is 5. The molecular weight excluding hydrogens is 332 g/mol. The van der Waals surface area contributed by atoms with E-state index in [4.69, 9.17) is 23.7 Å². The lowest BCUT2D eigenvalue weighted by molar-refractivity contribution is -0.275. The third-order valence-electron chi connectivity index (χ3n) is 4.49. The van der Waals surface area contributed by atoms with Crippen LogP contribution in [0.4, 0.5) is 0 Å². The Morgan fingerprint density at radius 1 is 0.885 bits per heavy atom. The largest absolute Gasteiger partial charge is 0.497 e. The second-order valence-electron chi connectivity index (χ2n) is 6.40. The molecule has 4 rings (SSSR count). The summed E-state index contributed by atoms with van der Waals surface area (Å²) in [6.07, 6.45) is 2.68. The van der Waals surface area contributed by atoms with Crippen LogP contribution in [0.1, 0.15) is 17.4 Å². The van der Waals surface area contributed by atoms with E-state index in [9.17, 15) is 0 Å². The van der Waals surface area contributed by atoms with Crippen LogP contribution in [-0.4, -0.2) is 32.2 Å². The summed E-state index contributed by atoms with van der Waals surface area (Å²) in [6, 6.07) is 15.6. The summed E-state index contributed by atoms with van der Waals surface area (Å²) in [5.74, 6) is 1.58. The molecule has 0 saturated carbocycles. The van der Waals surface area contributed by atoms with Gasteiger partial charge in [-0.15, -0.1) is 0 Å². The molecular formula is C21H22O5. The summed E-state index contributed by atoms with van der Waals surface area (Å²) in [5, 5.41) is 0. The van der Waals surface area contributed by atoms with Crippen molar-refractivity contribution < 1.29 is 23.7 Å². The Morgan fingerprint density at radius 3 is 2.35 bits per heavy atom. The Kier molecular flexibility index (Phi) is 4.93. The quantitative estimate of drug-likeness (QED) is 0.782. The number of ether oxygens (including phenoxy) is 5. The highest BCUT2D eigenvalue weighted by Gasteiger charge is 2.36. The van der Waals surface area contributed by atoms with Gasteiger partial charge in [0.15, 0.2) is 6.29 Å². The van der Waals surface area contributed by atoms with Crippen molar-refractivity contribution >= 4 is 0 Å². The van der Waals surface area contributed by atoms with Crippen molar-refractivity contribution in [2.75, 3.05) is 13.7 Å². The summed E-state index contributed by atoms with van der Waals surface area (Å²) in [7, 11) is 1.65. The van der Waals surface area contributed by atoms with Crippen LogP contribution >= 0.6 is 0 Å². The van der Waals surface area contributed by atoms with Crippen LogP contribution in [0, 0.1) is 6.92 Å². The van der Waals surface area contributed by atoms with E-state index in [-0.39, 0.29) is 12.2 Å². The molecule has 0 amide bonds. The van der Waals surface area contributed by atoms with Crippen LogP contribution in [0.2, 0.25) is 0 Å². The van der Waals surface area contributed by atoms with Crippen molar-refractivity contribution in [3.8, 4) is 11.5 Å².